The van der Waals surface area contributed by atoms with Crippen molar-refractivity contribution < 1.29 is 17.9 Å². The number of nitrogens with zero attached hydrogens (tertiary/aromatic N) is 3. The molecule has 1 aliphatic heterocycles. The van der Waals surface area contributed by atoms with E-state index in [0.29, 0.717) is 31.0 Å². The van der Waals surface area contributed by atoms with Crippen LogP contribution in [0.2, 0.25) is 0 Å². The van der Waals surface area contributed by atoms with Crippen molar-refractivity contribution in [3.63, 3.8) is 0 Å². The highest BCUT2D eigenvalue weighted by Gasteiger charge is 2.39. The van der Waals surface area contributed by atoms with Crippen LogP contribution in [0.15, 0.2) is 46.0 Å². The normalized spacial score (nSPS) is 17.2. The summed E-state index contributed by atoms with van der Waals surface area (Å²) in [6, 6.07) is 9.84. The standard InChI is InChI=1S/C19H21N5O4S2/c1-28-14-8-6-13(7-9-14)18-21-16(22-23-18)12-20-19(25)15-4-2-10-24(15)30(26,27)17-5-3-11-29-17/h3,5-9,11,15H,2,4,10,12H2,1H3,(H,20,25)(H,21,22,23). The average Bonchev–Trinajstić information content (AvgIpc) is 3.53. The van der Waals surface area contributed by atoms with Crippen LogP contribution in [-0.2, 0) is 21.4 Å². The summed E-state index contributed by atoms with van der Waals surface area (Å²) in [7, 11) is -2.07. The lowest BCUT2D eigenvalue weighted by Gasteiger charge is -2.22. The first-order valence-corrected chi connectivity index (χ1v) is 11.7. The van der Waals surface area contributed by atoms with Crippen LogP contribution in [0, 0.1) is 0 Å². The molecule has 1 unspecified atom stereocenters. The Bertz CT molecular complexity index is 1110. The van der Waals surface area contributed by atoms with Gasteiger partial charge in [-0.25, -0.2) is 13.4 Å². The van der Waals surface area contributed by atoms with Gasteiger partial charge in [0.25, 0.3) is 10.0 Å². The number of nitrogens with one attached hydrogen (secondary N) is 2. The number of sulfonamides is 1. The first-order valence-electron chi connectivity index (χ1n) is 9.38. The Hall–Kier alpha value is -2.76. The SMILES string of the molecule is COc1ccc(-c2n[nH]c(CNC(=O)C3CCCN3S(=O)(=O)c3cccs3)n2)cc1. The maximum atomic E-state index is 12.8. The molecule has 1 aliphatic rings. The number of carbonyl (C=O) groups is 1. The first kappa shape index (κ1) is 20.5. The fraction of sp³-hybridized carbons (Fsp3) is 0.316. The van der Waals surface area contributed by atoms with Crippen molar-refractivity contribution in [2.24, 2.45) is 0 Å². The van der Waals surface area contributed by atoms with Crippen molar-refractivity contribution in [2.45, 2.75) is 29.6 Å². The van der Waals surface area contributed by atoms with Gasteiger partial charge in [-0.1, -0.05) is 6.07 Å². The third kappa shape index (κ3) is 4.09. The van der Waals surface area contributed by atoms with Crippen LogP contribution >= 0.6 is 11.3 Å². The molecule has 1 saturated heterocycles. The molecule has 11 heteroatoms. The number of amides is 1. The van der Waals surface area contributed by atoms with Crippen LogP contribution in [0.5, 0.6) is 5.75 Å². The number of aromatic amines is 1. The molecule has 1 amide bonds. The lowest BCUT2D eigenvalue weighted by molar-refractivity contribution is -0.124. The Morgan fingerprint density at radius 2 is 2.13 bits per heavy atom. The Kier molecular flexibility index (Phi) is 5.84. The monoisotopic (exact) mass is 447 g/mol. The predicted molar refractivity (Wildman–Crippen MR) is 111 cm³/mol. The summed E-state index contributed by atoms with van der Waals surface area (Å²) in [6.45, 7) is 0.466. The summed E-state index contributed by atoms with van der Waals surface area (Å²) in [5, 5.41) is 11.5. The number of rotatable bonds is 7. The molecule has 2 N–H and O–H groups in total. The Labute approximate surface area is 178 Å². The number of thiophene rings is 1. The highest BCUT2D eigenvalue weighted by atomic mass is 32.2. The molecule has 3 heterocycles. The molecule has 9 nitrogen and oxygen atoms in total. The van der Waals surface area contributed by atoms with Gasteiger partial charge in [0, 0.05) is 12.1 Å². The molecule has 0 spiro atoms. The van der Waals surface area contributed by atoms with Gasteiger partial charge in [-0.3, -0.25) is 9.89 Å². The van der Waals surface area contributed by atoms with Gasteiger partial charge in [0.2, 0.25) is 5.91 Å². The molecule has 0 bridgehead atoms. The molecule has 30 heavy (non-hydrogen) atoms. The molecule has 2 aromatic heterocycles. The topological polar surface area (TPSA) is 117 Å². The van der Waals surface area contributed by atoms with Gasteiger partial charge in [0.15, 0.2) is 5.82 Å². The van der Waals surface area contributed by atoms with Gasteiger partial charge in [-0.2, -0.15) is 9.40 Å². The van der Waals surface area contributed by atoms with E-state index in [2.05, 4.69) is 20.5 Å². The highest BCUT2D eigenvalue weighted by Crippen LogP contribution is 2.28. The quantitative estimate of drug-likeness (QED) is 0.572. The minimum absolute atomic E-state index is 0.130. The summed E-state index contributed by atoms with van der Waals surface area (Å²) >= 11 is 1.15. The van der Waals surface area contributed by atoms with Crippen molar-refractivity contribution >= 4 is 27.3 Å². The van der Waals surface area contributed by atoms with Gasteiger partial charge in [0.05, 0.1) is 13.7 Å². The zero-order chi connectivity index (χ0) is 21.1. The van der Waals surface area contributed by atoms with E-state index in [4.69, 9.17) is 4.74 Å². The molecule has 0 saturated carbocycles. The van der Waals surface area contributed by atoms with Gasteiger partial charge in [-0.05, 0) is 48.6 Å². The Balaban J connectivity index is 1.40. The molecule has 0 aliphatic carbocycles. The fourth-order valence-corrected chi connectivity index (χ4v) is 6.12. The maximum Gasteiger partial charge on any atom is 0.253 e. The van der Waals surface area contributed by atoms with Crippen LogP contribution in [0.25, 0.3) is 11.4 Å². The number of methoxy groups -OCH3 is 1. The number of aromatic nitrogens is 3. The minimum Gasteiger partial charge on any atom is -0.497 e. The van der Waals surface area contributed by atoms with Gasteiger partial charge >= 0.3 is 0 Å². The van der Waals surface area contributed by atoms with Gasteiger partial charge < -0.3 is 10.1 Å². The zero-order valence-electron chi connectivity index (χ0n) is 16.2. The van der Waals surface area contributed by atoms with E-state index in [1.54, 1.807) is 24.6 Å². The van der Waals surface area contributed by atoms with Crippen LogP contribution in [0.3, 0.4) is 0 Å². The second kappa shape index (κ2) is 8.54. The van der Waals surface area contributed by atoms with Crippen LogP contribution in [0.1, 0.15) is 18.7 Å². The first-order chi connectivity index (χ1) is 14.5. The van der Waals surface area contributed by atoms with Crippen molar-refractivity contribution in [3.05, 3.63) is 47.6 Å². The van der Waals surface area contributed by atoms with Crippen LogP contribution < -0.4 is 10.1 Å². The lowest BCUT2D eigenvalue weighted by atomic mass is 10.2. The largest absolute Gasteiger partial charge is 0.497 e. The summed E-state index contributed by atoms with van der Waals surface area (Å²) in [6.07, 6.45) is 1.14. The molecule has 3 aromatic rings. The van der Waals surface area contributed by atoms with Gasteiger partial charge in [0.1, 0.15) is 21.8 Å². The number of benzene rings is 1. The highest BCUT2D eigenvalue weighted by molar-refractivity contribution is 7.91. The fourth-order valence-electron chi connectivity index (χ4n) is 3.35. The molecule has 0 radical (unpaired) electrons. The third-order valence-corrected chi connectivity index (χ3v) is 8.16. The Morgan fingerprint density at radius 3 is 2.83 bits per heavy atom. The van der Waals surface area contributed by atoms with Crippen LogP contribution in [0.4, 0.5) is 0 Å². The molecule has 158 valence electrons. The van der Waals surface area contributed by atoms with E-state index in [-0.39, 0.29) is 16.7 Å². The minimum atomic E-state index is -3.67. The van der Waals surface area contributed by atoms with Crippen molar-refractivity contribution in [1.82, 2.24) is 24.8 Å². The van der Waals surface area contributed by atoms with Crippen LogP contribution in [-0.4, -0.2) is 53.5 Å². The van der Waals surface area contributed by atoms with E-state index < -0.39 is 16.1 Å². The lowest BCUT2D eigenvalue weighted by Crippen LogP contribution is -2.45. The van der Waals surface area contributed by atoms with Crippen molar-refractivity contribution in [2.75, 3.05) is 13.7 Å². The third-order valence-electron chi connectivity index (χ3n) is 4.87. The predicted octanol–water partition coefficient (Wildman–Crippen LogP) is 2.01. The number of ether oxygens (including phenoxy) is 1. The second-order valence-electron chi connectivity index (χ2n) is 6.76. The molecule has 1 aromatic carbocycles. The van der Waals surface area contributed by atoms with E-state index in [0.717, 1.165) is 22.6 Å². The molecule has 4 rings (SSSR count). The molecule has 1 atom stereocenters. The van der Waals surface area contributed by atoms with E-state index >= 15 is 0 Å². The second-order valence-corrected chi connectivity index (χ2v) is 9.82. The smallest absolute Gasteiger partial charge is 0.253 e. The zero-order valence-corrected chi connectivity index (χ0v) is 17.9. The number of hydrogen-bond acceptors (Lipinski definition) is 7. The number of hydrogen-bond donors (Lipinski definition) is 2. The van der Waals surface area contributed by atoms with E-state index in [1.165, 1.54) is 4.31 Å². The van der Waals surface area contributed by atoms with Gasteiger partial charge in [-0.15, -0.1) is 11.3 Å². The summed E-state index contributed by atoms with van der Waals surface area (Å²) in [5.41, 5.74) is 0.814. The summed E-state index contributed by atoms with van der Waals surface area (Å²) < 4.78 is 32.3. The molecule has 1 fully saturated rings. The summed E-state index contributed by atoms with van der Waals surface area (Å²) in [5.74, 6) is 1.39. The van der Waals surface area contributed by atoms with E-state index in [9.17, 15) is 13.2 Å². The molecular formula is C19H21N5O4S2. The maximum absolute atomic E-state index is 12.8. The Morgan fingerprint density at radius 1 is 1.33 bits per heavy atom. The average molecular weight is 448 g/mol. The van der Waals surface area contributed by atoms with Crippen molar-refractivity contribution in [3.8, 4) is 17.1 Å². The summed E-state index contributed by atoms with van der Waals surface area (Å²) in [4.78, 5) is 17.1. The van der Waals surface area contributed by atoms with E-state index in [1.807, 2.05) is 24.3 Å². The number of carbonyl (C=O) groups excluding carboxylic acids is 1. The molecular weight excluding hydrogens is 426 g/mol. The van der Waals surface area contributed by atoms with Crippen molar-refractivity contribution in [1.29, 1.82) is 0 Å². The number of H-pyrrole nitrogens is 1.